The molecule has 0 saturated heterocycles. The van der Waals surface area contributed by atoms with Gasteiger partial charge in [-0.15, -0.1) is 0 Å². The average Bonchev–Trinajstić information content (AvgIpc) is 3.66. The molecule has 4 heterocycles. The summed E-state index contributed by atoms with van der Waals surface area (Å²) >= 11 is 0. The molecule has 45 heavy (non-hydrogen) atoms. The molecular formula is C35H42N4O6. The molecule has 0 bridgehead atoms. The Labute approximate surface area is 263 Å². The van der Waals surface area contributed by atoms with Gasteiger partial charge in [-0.05, 0) is 105 Å². The predicted octanol–water partition coefficient (Wildman–Crippen LogP) is 3.69. The Hall–Kier alpha value is -4.73. The number of nitrogens with zero attached hydrogens (tertiary/aromatic N) is 1. The number of carbonyl (C=O) groups is 4. The Morgan fingerprint density at radius 1 is 0.733 bits per heavy atom. The SMILES string of the molecule is CCC1=C(C)C(/C=c2/[nH]/c(=C\c3[nH]c(/C=C4/NC(=O)C(CC)=C4C)c(C)c3CCC(=O)OC)c(CCC(=O)OC)c2C)=NC1=O. The third-order valence-corrected chi connectivity index (χ3v) is 8.78. The van der Waals surface area contributed by atoms with Crippen LogP contribution in [0.2, 0.25) is 0 Å². The van der Waals surface area contributed by atoms with Gasteiger partial charge >= 0.3 is 11.9 Å². The molecular weight excluding hydrogens is 572 g/mol. The van der Waals surface area contributed by atoms with Gasteiger partial charge in [0.25, 0.3) is 11.8 Å². The van der Waals surface area contributed by atoms with Crippen molar-refractivity contribution >= 4 is 47.7 Å². The largest absolute Gasteiger partial charge is 0.469 e. The van der Waals surface area contributed by atoms with Crippen LogP contribution in [-0.4, -0.2) is 53.7 Å². The van der Waals surface area contributed by atoms with Crippen molar-refractivity contribution in [3.05, 3.63) is 72.3 Å². The van der Waals surface area contributed by atoms with Crippen LogP contribution >= 0.6 is 0 Å². The molecule has 0 unspecified atom stereocenters. The van der Waals surface area contributed by atoms with Gasteiger partial charge in [0, 0.05) is 51.8 Å². The summed E-state index contributed by atoms with van der Waals surface area (Å²) in [7, 11) is 2.74. The van der Waals surface area contributed by atoms with Crippen LogP contribution in [0.15, 0.2) is 33.0 Å². The molecule has 0 radical (unpaired) electrons. The molecule has 10 nitrogen and oxygen atoms in total. The molecule has 0 spiro atoms. The van der Waals surface area contributed by atoms with Gasteiger partial charge in [-0.2, -0.15) is 0 Å². The standard InChI is InChI=1S/C35H42N4O6/c1-9-22-18(3)28(38-34(22)42)15-26-20(5)24(11-13-32(40)44-7)30(36-26)17-31-25(12-14-33(41)45-8)21(6)27(37-31)16-29-19(4)23(10-2)35(43)39-29/h15-17,36-37H,9-14H2,1-8H3,(H,38,42)/b27-16+,28-15+,31-17-. The number of nitrogens with one attached hydrogen (secondary N) is 3. The fourth-order valence-corrected chi connectivity index (χ4v) is 5.95. The van der Waals surface area contributed by atoms with Gasteiger partial charge in [-0.1, -0.05) is 13.8 Å². The molecule has 10 heteroatoms. The van der Waals surface area contributed by atoms with E-state index in [1.54, 1.807) is 0 Å². The van der Waals surface area contributed by atoms with Gasteiger partial charge < -0.3 is 24.8 Å². The van der Waals surface area contributed by atoms with Crippen LogP contribution in [0.5, 0.6) is 0 Å². The number of allylic oxidation sites excluding steroid dienone is 2. The molecule has 0 saturated carbocycles. The maximum atomic E-state index is 12.5. The van der Waals surface area contributed by atoms with E-state index in [1.165, 1.54) is 14.2 Å². The minimum Gasteiger partial charge on any atom is -0.469 e. The molecule has 4 rings (SSSR count). The number of ether oxygens (including phenoxy) is 2. The van der Waals surface area contributed by atoms with E-state index in [9.17, 15) is 19.2 Å². The summed E-state index contributed by atoms with van der Waals surface area (Å²) in [6.45, 7) is 11.7. The van der Waals surface area contributed by atoms with Crippen LogP contribution < -0.4 is 16.0 Å². The number of hydrogen-bond acceptors (Lipinski definition) is 6. The third kappa shape index (κ3) is 6.84. The van der Waals surface area contributed by atoms with Gasteiger partial charge in [-0.3, -0.25) is 19.2 Å². The summed E-state index contributed by atoms with van der Waals surface area (Å²) in [4.78, 5) is 60.5. The van der Waals surface area contributed by atoms with Crippen LogP contribution in [0.4, 0.5) is 0 Å². The summed E-state index contributed by atoms with van der Waals surface area (Å²) in [6.07, 6.45) is 8.28. The zero-order valence-electron chi connectivity index (χ0n) is 27.4. The number of aromatic amines is 2. The highest BCUT2D eigenvalue weighted by molar-refractivity contribution is 6.30. The first-order chi connectivity index (χ1) is 21.4. The second-order valence-corrected chi connectivity index (χ2v) is 11.3. The molecule has 2 aliphatic heterocycles. The smallest absolute Gasteiger partial charge is 0.305 e. The van der Waals surface area contributed by atoms with Crippen LogP contribution in [-0.2, 0) is 41.5 Å². The van der Waals surface area contributed by atoms with Gasteiger partial charge in [-0.25, -0.2) is 4.99 Å². The lowest BCUT2D eigenvalue weighted by Crippen LogP contribution is -2.16. The van der Waals surface area contributed by atoms with Crippen LogP contribution in [0.25, 0.3) is 18.2 Å². The van der Waals surface area contributed by atoms with Crippen molar-refractivity contribution < 1.29 is 28.7 Å². The topological polar surface area (TPSA) is 143 Å². The lowest BCUT2D eigenvalue weighted by molar-refractivity contribution is -0.141. The van der Waals surface area contributed by atoms with E-state index in [-0.39, 0.29) is 36.6 Å². The first-order valence-electron chi connectivity index (χ1n) is 15.3. The third-order valence-electron chi connectivity index (χ3n) is 8.78. The molecule has 0 fully saturated rings. The molecule has 0 aromatic carbocycles. The van der Waals surface area contributed by atoms with Crippen molar-refractivity contribution in [2.24, 2.45) is 4.99 Å². The van der Waals surface area contributed by atoms with E-state index in [0.29, 0.717) is 37.0 Å². The molecule has 0 atom stereocenters. The number of carbonyl (C=O) groups excluding carboxylic acids is 4. The fourth-order valence-electron chi connectivity index (χ4n) is 5.95. The van der Waals surface area contributed by atoms with E-state index in [4.69, 9.17) is 9.47 Å². The van der Waals surface area contributed by atoms with Gasteiger partial charge in [0.05, 0.1) is 19.9 Å². The van der Waals surface area contributed by atoms with E-state index in [1.807, 2.05) is 59.8 Å². The average molecular weight is 615 g/mol. The second-order valence-electron chi connectivity index (χ2n) is 11.3. The molecule has 2 amide bonds. The molecule has 2 aromatic heterocycles. The van der Waals surface area contributed by atoms with Crippen LogP contribution in [0.1, 0.15) is 87.0 Å². The van der Waals surface area contributed by atoms with E-state index >= 15 is 0 Å². The quantitative estimate of drug-likeness (QED) is 0.330. The lowest BCUT2D eigenvalue weighted by Gasteiger charge is -2.04. The molecule has 238 valence electrons. The number of rotatable bonds is 11. The van der Waals surface area contributed by atoms with Crippen molar-refractivity contribution in [1.82, 2.24) is 15.3 Å². The normalized spacial score (nSPS) is 16.8. The number of aromatic nitrogens is 2. The molecule has 0 aliphatic carbocycles. The highest BCUT2D eigenvalue weighted by Crippen LogP contribution is 2.28. The van der Waals surface area contributed by atoms with Crippen molar-refractivity contribution in [2.45, 2.75) is 80.1 Å². The van der Waals surface area contributed by atoms with Crippen molar-refractivity contribution in [3.8, 4) is 0 Å². The number of hydrogen-bond donors (Lipinski definition) is 3. The summed E-state index contributed by atoms with van der Waals surface area (Å²) in [5.74, 6) is -0.935. The maximum absolute atomic E-state index is 12.5. The number of esters is 2. The van der Waals surface area contributed by atoms with Gasteiger partial charge in [0.1, 0.15) is 0 Å². The van der Waals surface area contributed by atoms with E-state index < -0.39 is 0 Å². The Bertz CT molecular complexity index is 1830. The number of H-pyrrole nitrogens is 2. The first-order valence-corrected chi connectivity index (χ1v) is 15.3. The Balaban J connectivity index is 1.90. The van der Waals surface area contributed by atoms with Gasteiger partial charge in [0.15, 0.2) is 0 Å². The summed E-state index contributed by atoms with van der Waals surface area (Å²) in [5.41, 5.74) is 9.92. The highest BCUT2D eigenvalue weighted by Gasteiger charge is 2.24. The predicted molar refractivity (Wildman–Crippen MR) is 174 cm³/mol. The highest BCUT2D eigenvalue weighted by atomic mass is 16.5. The minimum atomic E-state index is -0.318. The monoisotopic (exact) mass is 614 g/mol. The van der Waals surface area contributed by atoms with Crippen molar-refractivity contribution in [2.75, 3.05) is 14.2 Å². The Kier molecular flexibility index (Phi) is 10.3. The van der Waals surface area contributed by atoms with Crippen LogP contribution in [0.3, 0.4) is 0 Å². The minimum absolute atomic E-state index is 0.0891. The fraction of sp³-hybridized carbons (Fsp3) is 0.400. The maximum Gasteiger partial charge on any atom is 0.305 e. The summed E-state index contributed by atoms with van der Waals surface area (Å²) < 4.78 is 9.83. The zero-order chi connectivity index (χ0) is 33.0. The summed E-state index contributed by atoms with van der Waals surface area (Å²) in [6, 6.07) is 0. The lowest BCUT2D eigenvalue weighted by atomic mass is 10.0. The van der Waals surface area contributed by atoms with Crippen LogP contribution in [0, 0.1) is 13.8 Å². The van der Waals surface area contributed by atoms with Crippen molar-refractivity contribution in [1.29, 1.82) is 0 Å². The second kappa shape index (κ2) is 13.9. The summed E-state index contributed by atoms with van der Waals surface area (Å²) in [5, 5.41) is 4.54. The molecule has 2 aromatic rings. The Morgan fingerprint density at radius 3 is 1.91 bits per heavy atom. The molecule has 3 N–H and O–H groups in total. The van der Waals surface area contributed by atoms with Crippen molar-refractivity contribution in [3.63, 3.8) is 0 Å². The van der Waals surface area contributed by atoms with E-state index in [2.05, 4.69) is 20.3 Å². The van der Waals surface area contributed by atoms with Gasteiger partial charge in [0.2, 0.25) is 0 Å². The number of amides is 2. The van der Waals surface area contributed by atoms with E-state index in [0.717, 1.165) is 66.8 Å². The first kappa shape index (κ1) is 33.2. The molecule has 2 aliphatic rings. The number of aliphatic imine (C=N–C) groups is 1. The Morgan fingerprint density at radius 2 is 1.36 bits per heavy atom. The zero-order valence-corrected chi connectivity index (χ0v) is 27.4. The number of methoxy groups -OCH3 is 2.